The molecule has 0 unspecified atom stereocenters. The van der Waals surface area contributed by atoms with E-state index in [1.165, 1.54) is 4.90 Å². The number of benzene rings is 3. The molecule has 0 aliphatic carbocycles. The minimum Gasteiger partial charge on any atom is -0.354 e. The van der Waals surface area contributed by atoms with Gasteiger partial charge in [0.1, 0.15) is 6.04 Å². The molecule has 1 fully saturated rings. The Bertz CT molecular complexity index is 1360. The summed E-state index contributed by atoms with van der Waals surface area (Å²) >= 11 is 6.24. The number of imide groups is 1. The van der Waals surface area contributed by atoms with Gasteiger partial charge in [-0.2, -0.15) is 0 Å². The van der Waals surface area contributed by atoms with E-state index in [0.717, 1.165) is 39.9 Å². The molecule has 2 atom stereocenters. The van der Waals surface area contributed by atoms with Crippen LogP contribution in [0.2, 0.25) is 5.02 Å². The minimum absolute atomic E-state index is 0.238. The summed E-state index contributed by atoms with van der Waals surface area (Å²) < 4.78 is 0. The molecule has 3 aromatic rings. The zero-order valence-electron chi connectivity index (χ0n) is 24.2. The first-order valence-electron chi connectivity index (χ1n) is 14.5. The molecule has 1 heterocycles. The number of nitrogens with one attached hydrogen (secondary N) is 3. The van der Waals surface area contributed by atoms with Crippen LogP contribution < -0.4 is 16.0 Å². The second kappa shape index (κ2) is 14.1. The van der Waals surface area contributed by atoms with E-state index in [4.69, 9.17) is 11.6 Å². The van der Waals surface area contributed by atoms with Crippen LogP contribution in [0.5, 0.6) is 0 Å². The molecule has 0 aromatic heterocycles. The molecular formula is C33H41ClN4O3. The van der Waals surface area contributed by atoms with Crippen LogP contribution in [-0.2, 0) is 27.3 Å². The highest BCUT2D eigenvalue weighted by Gasteiger charge is 2.42. The molecule has 4 rings (SSSR count). The van der Waals surface area contributed by atoms with Gasteiger partial charge in [0.25, 0.3) is 0 Å². The standard InChI is InChI=1S/C33H41ClN4O3/c1-33(2,3)32(41)38(31(40)28-14-8-18-36-28)29(21-23-15-16-24-10-4-5-11-25(24)20-23)30(39)37-19-9-17-35-22-26-12-6-7-13-27(26)34/h4-7,10-13,15-16,20,28-29,35-36H,8-9,14,17-19,21-22H2,1-3H3,(H,37,39)/t28-,29+/m0/s1. The Balaban J connectivity index is 1.51. The first-order valence-corrected chi connectivity index (χ1v) is 14.8. The quantitative estimate of drug-likeness (QED) is 0.284. The fourth-order valence-corrected chi connectivity index (χ4v) is 5.32. The van der Waals surface area contributed by atoms with Crippen LogP contribution in [0.15, 0.2) is 66.7 Å². The first-order chi connectivity index (χ1) is 19.6. The van der Waals surface area contributed by atoms with Gasteiger partial charge >= 0.3 is 0 Å². The van der Waals surface area contributed by atoms with E-state index >= 15 is 0 Å². The van der Waals surface area contributed by atoms with Crippen molar-refractivity contribution in [2.24, 2.45) is 5.41 Å². The molecule has 1 saturated heterocycles. The van der Waals surface area contributed by atoms with Gasteiger partial charge in [0.2, 0.25) is 17.7 Å². The maximum atomic E-state index is 13.8. The smallest absolute Gasteiger partial charge is 0.247 e. The van der Waals surface area contributed by atoms with Crippen molar-refractivity contribution >= 4 is 40.1 Å². The van der Waals surface area contributed by atoms with Crippen LogP contribution in [0.25, 0.3) is 10.8 Å². The highest BCUT2D eigenvalue weighted by atomic mass is 35.5. The molecule has 3 aromatic carbocycles. The average Bonchev–Trinajstić information content (AvgIpc) is 3.50. The SMILES string of the molecule is CC(C)(C)C(=O)N(C(=O)[C@@H]1CCCN1)[C@H](Cc1ccc2ccccc2c1)C(=O)NCCCNCc1ccccc1Cl. The number of nitrogens with zero attached hydrogens (tertiary/aromatic N) is 1. The predicted octanol–water partition coefficient (Wildman–Crippen LogP) is 4.85. The van der Waals surface area contributed by atoms with Crippen molar-refractivity contribution in [3.8, 4) is 0 Å². The van der Waals surface area contributed by atoms with Gasteiger partial charge in [-0.3, -0.25) is 19.3 Å². The number of carbonyl (C=O) groups excluding carboxylic acids is 3. The van der Waals surface area contributed by atoms with Gasteiger partial charge in [0, 0.05) is 29.9 Å². The highest BCUT2D eigenvalue weighted by Crippen LogP contribution is 2.25. The first kappa shape index (κ1) is 30.7. The van der Waals surface area contributed by atoms with Gasteiger partial charge in [-0.15, -0.1) is 0 Å². The van der Waals surface area contributed by atoms with Crippen LogP contribution in [0, 0.1) is 5.41 Å². The second-order valence-electron chi connectivity index (χ2n) is 11.7. The fourth-order valence-electron chi connectivity index (χ4n) is 5.12. The van der Waals surface area contributed by atoms with Crippen LogP contribution in [0.4, 0.5) is 0 Å². The zero-order valence-corrected chi connectivity index (χ0v) is 25.0. The minimum atomic E-state index is -0.964. The maximum Gasteiger partial charge on any atom is 0.247 e. The normalized spacial score (nSPS) is 16.0. The van der Waals surface area contributed by atoms with Crippen LogP contribution in [0.3, 0.4) is 0 Å². The molecule has 218 valence electrons. The average molecular weight is 577 g/mol. The van der Waals surface area contributed by atoms with E-state index in [-0.39, 0.29) is 24.1 Å². The van der Waals surface area contributed by atoms with Gasteiger partial charge in [0.15, 0.2) is 0 Å². The Hall–Kier alpha value is -3.26. The summed E-state index contributed by atoms with van der Waals surface area (Å²) in [5, 5.41) is 12.4. The molecule has 0 bridgehead atoms. The van der Waals surface area contributed by atoms with Crippen LogP contribution in [0.1, 0.15) is 51.2 Å². The largest absolute Gasteiger partial charge is 0.354 e. The van der Waals surface area contributed by atoms with Crippen molar-refractivity contribution < 1.29 is 14.4 Å². The van der Waals surface area contributed by atoms with Crippen LogP contribution in [-0.4, -0.2) is 54.3 Å². The van der Waals surface area contributed by atoms with Gasteiger partial charge in [-0.25, -0.2) is 0 Å². The lowest BCUT2D eigenvalue weighted by atomic mass is 9.91. The van der Waals surface area contributed by atoms with E-state index in [1.54, 1.807) is 20.8 Å². The molecule has 3 N–H and O–H groups in total. The highest BCUT2D eigenvalue weighted by molar-refractivity contribution is 6.31. The van der Waals surface area contributed by atoms with Crippen LogP contribution >= 0.6 is 11.6 Å². The van der Waals surface area contributed by atoms with Crippen molar-refractivity contribution in [2.45, 2.75) is 65.1 Å². The number of rotatable bonds is 11. The molecule has 0 radical (unpaired) electrons. The van der Waals surface area contributed by atoms with Crippen molar-refractivity contribution in [3.63, 3.8) is 0 Å². The van der Waals surface area contributed by atoms with Crippen molar-refractivity contribution in [1.29, 1.82) is 0 Å². The number of hydrogen-bond acceptors (Lipinski definition) is 5. The van der Waals surface area contributed by atoms with Gasteiger partial charge in [-0.05, 0) is 60.3 Å². The lowest BCUT2D eigenvalue weighted by Gasteiger charge is -2.35. The molecule has 1 aliphatic heterocycles. The molecule has 0 saturated carbocycles. The second-order valence-corrected chi connectivity index (χ2v) is 12.1. The fraction of sp³-hybridized carbons (Fsp3) is 0.424. The lowest BCUT2D eigenvalue weighted by Crippen LogP contribution is -2.59. The summed E-state index contributed by atoms with van der Waals surface area (Å²) in [6, 6.07) is 20.3. The van der Waals surface area contributed by atoms with Gasteiger partial charge in [-0.1, -0.05) is 93.0 Å². The summed E-state index contributed by atoms with van der Waals surface area (Å²) in [5.41, 5.74) is 1.08. The molecular weight excluding hydrogens is 536 g/mol. The lowest BCUT2D eigenvalue weighted by molar-refractivity contribution is -0.157. The third kappa shape index (κ3) is 8.15. The summed E-state index contributed by atoms with van der Waals surface area (Å²) in [7, 11) is 0. The molecule has 0 spiro atoms. The van der Waals surface area contributed by atoms with Crippen molar-refractivity contribution in [2.75, 3.05) is 19.6 Å². The van der Waals surface area contributed by atoms with E-state index in [0.29, 0.717) is 32.5 Å². The summed E-state index contributed by atoms with van der Waals surface area (Å²) in [6.45, 7) is 7.80. The predicted molar refractivity (Wildman–Crippen MR) is 165 cm³/mol. The van der Waals surface area contributed by atoms with E-state index in [9.17, 15) is 14.4 Å². The van der Waals surface area contributed by atoms with E-state index in [1.807, 2.05) is 66.7 Å². The summed E-state index contributed by atoms with van der Waals surface area (Å²) in [6.07, 6.45) is 2.43. The Morgan fingerprint density at radius 3 is 2.44 bits per heavy atom. The zero-order chi connectivity index (χ0) is 29.4. The van der Waals surface area contributed by atoms with Gasteiger partial charge < -0.3 is 16.0 Å². The number of hydrogen-bond donors (Lipinski definition) is 3. The van der Waals surface area contributed by atoms with Gasteiger partial charge in [0.05, 0.1) is 6.04 Å². The summed E-state index contributed by atoms with van der Waals surface area (Å²) in [4.78, 5) is 42.6. The molecule has 3 amide bonds. The molecule has 1 aliphatic rings. The van der Waals surface area contributed by atoms with E-state index < -0.39 is 17.5 Å². The van der Waals surface area contributed by atoms with E-state index in [2.05, 4.69) is 16.0 Å². The number of amides is 3. The number of carbonyl (C=O) groups is 3. The Labute approximate surface area is 248 Å². The third-order valence-electron chi connectivity index (χ3n) is 7.42. The summed E-state index contributed by atoms with van der Waals surface area (Å²) in [5.74, 6) is -1.00. The third-order valence-corrected chi connectivity index (χ3v) is 7.79. The topological polar surface area (TPSA) is 90.5 Å². The molecule has 8 heteroatoms. The molecule has 7 nitrogen and oxygen atoms in total. The molecule has 41 heavy (non-hydrogen) atoms. The maximum absolute atomic E-state index is 13.8. The Morgan fingerprint density at radius 2 is 1.73 bits per heavy atom. The van der Waals surface area contributed by atoms with Crippen molar-refractivity contribution in [1.82, 2.24) is 20.9 Å². The Kier molecular flexibility index (Phi) is 10.5. The van der Waals surface area contributed by atoms with Crippen molar-refractivity contribution in [3.05, 3.63) is 82.9 Å². The monoisotopic (exact) mass is 576 g/mol. The number of halogens is 1. The Morgan fingerprint density at radius 1 is 1.00 bits per heavy atom. The number of fused-ring (bicyclic) bond motifs is 1.